The molecule has 0 saturated carbocycles. The van der Waals surface area contributed by atoms with Crippen LogP contribution in [0.3, 0.4) is 0 Å². The van der Waals surface area contributed by atoms with Crippen molar-refractivity contribution >= 4 is 46.0 Å². The van der Waals surface area contributed by atoms with Gasteiger partial charge in [0, 0.05) is 45.1 Å². The van der Waals surface area contributed by atoms with E-state index in [1.54, 1.807) is 11.7 Å². The van der Waals surface area contributed by atoms with E-state index in [1.807, 2.05) is 36.1 Å². The van der Waals surface area contributed by atoms with Gasteiger partial charge >= 0.3 is 0 Å². The van der Waals surface area contributed by atoms with Crippen LogP contribution in [0.4, 0.5) is 11.6 Å². The van der Waals surface area contributed by atoms with Gasteiger partial charge in [-0.3, -0.25) is 4.79 Å². The molecule has 1 N–H and O–H groups in total. The predicted molar refractivity (Wildman–Crippen MR) is 127 cm³/mol. The summed E-state index contributed by atoms with van der Waals surface area (Å²) < 4.78 is 6.99. The third-order valence-electron chi connectivity index (χ3n) is 5.56. The summed E-state index contributed by atoms with van der Waals surface area (Å²) in [4.78, 5) is 36.7. The number of carboxylic acids is 1. The van der Waals surface area contributed by atoms with Crippen LogP contribution in [0.25, 0.3) is 11.0 Å². The van der Waals surface area contributed by atoms with Gasteiger partial charge in [-0.2, -0.15) is 4.98 Å². The van der Waals surface area contributed by atoms with E-state index in [0.717, 1.165) is 5.69 Å². The van der Waals surface area contributed by atoms with Gasteiger partial charge in [0.15, 0.2) is 5.11 Å². The molecule has 2 aromatic heterocycles. The molecule has 0 atom stereocenters. The monoisotopic (exact) mass is 467 g/mol. The third kappa shape index (κ3) is 4.44. The topological polar surface area (TPSA) is 116 Å². The second kappa shape index (κ2) is 9.41. The van der Waals surface area contributed by atoms with Gasteiger partial charge in [-0.1, -0.05) is 12.1 Å². The molecule has 11 heteroatoms. The van der Waals surface area contributed by atoms with Crippen LogP contribution in [-0.2, 0) is 6.54 Å². The van der Waals surface area contributed by atoms with Crippen LogP contribution in [0.15, 0.2) is 41.5 Å². The van der Waals surface area contributed by atoms with Crippen molar-refractivity contribution in [2.45, 2.75) is 13.5 Å². The largest absolute Gasteiger partial charge is 0.545 e. The van der Waals surface area contributed by atoms with E-state index in [0.29, 0.717) is 55.2 Å². The number of aromatic nitrogens is 3. The second-order valence-corrected chi connectivity index (χ2v) is 7.84. The molecule has 33 heavy (non-hydrogen) atoms. The maximum absolute atomic E-state index is 12.5. The number of nitrogens with zero attached hydrogens (tertiary/aromatic N) is 5. The zero-order valence-corrected chi connectivity index (χ0v) is 19.1. The van der Waals surface area contributed by atoms with Crippen LogP contribution >= 0.6 is 12.2 Å². The van der Waals surface area contributed by atoms with Crippen molar-refractivity contribution < 1.29 is 14.6 Å². The predicted octanol–water partition coefficient (Wildman–Crippen LogP) is 0.702. The van der Waals surface area contributed by atoms with Crippen LogP contribution in [0.2, 0.25) is 0 Å². The number of methoxy groups -OCH3 is 1. The summed E-state index contributed by atoms with van der Waals surface area (Å²) in [6.07, 6.45) is 2.66. The Morgan fingerprint density at radius 3 is 2.64 bits per heavy atom. The molecule has 4 rings (SSSR count). The first kappa shape index (κ1) is 22.5. The number of thiocarbonyl (C=S) groups is 1. The van der Waals surface area contributed by atoms with Crippen molar-refractivity contribution in [1.29, 1.82) is 0 Å². The molecule has 1 aliphatic heterocycles. The Balaban J connectivity index is 1.50. The van der Waals surface area contributed by atoms with Crippen molar-refractivity contribution in [2.24, 2.45) is 0 Å². The van der Waals surface area contributed by atoms with Gasteiger partial charge in [-0.05, 0) is 31.3 Å². The van der Waals surface area contributed by atoms with Crippen LogP contribution in [-0.4, -0.2) is 63.8 Å². The molecule has 1 aromatic carbocycles. The Bertz CT molecular complexity index is 1270. The Labute approximate surface area is 195 Å². The Kier molecular flexibility index (Phi) is 6.40. The summed E-state index contributed by atoms with van der Waals surface area (Å²) in [5, 5.41) is 15.3. The minimum absolute atomic E-state index is 0.156. The summed E-state index contributed by atoms with van der Waals surface area (Å²) in [5.41, 5.74) is 0.163. The zero-order chi connectivity index (χ0) is 23.5. The first-order valence-electron chi connectivity index (χ1n) is 10.5. The number of nitrogens with one attached hydrogen (secondary N) is 1. The molecule has 1 fully saturated rings. The van der Waals surface area contributed by atoms with Crippen LogP contribution in [0, 0.1) is 0 Å². The van der Waals surface area contributed by atoms with E-state index in [9.17, 15) is 14.7 Å². The van der Waals surface area contributed by atoms with Gasteiger partial charge < -0.3 is 34.3 Å². The SMILES string of the molecule is CCn1cc(C(=O)[O-])c(=O)c2cnc(N3CCN(C(=S)Nc4ccccc4OC)CC3)nc21. The molecule has 0 aliphatic carbocycles. The number of fused-ring (bicyclic) bond motifs is 1. The molecule has 0 spiro atoms. The van der Waals surface area contributed by atoms with Gasteiger partial charge in [0.1, 0.15) is 11.4 Å². The quantitative estimate of drug-likeness (QED) is 0.538. The molecule has 1 aliphatic rings. The lowest BCUT2D eigenvalue weighted by Crippen LogP contribution is -2.50. The number of hydrogen-bond acceptors (Lipinski definition) is 8. The number of aromatic carboxylic acids is 1. The number of benzene rings is 1. The molecular weight excluding hydrogens is 444 g/mol. The number of ether oxygens (including phenoxy) is 1. The Morgan fingerprint density at radius 2 is 1.97 bits per heavy atom. The zero-order valence-electron chi connectivity index (χ0n) is 18.3. The van der Waals surface area contributed by atoms with Crippen molar-refractivity contribution in [3.63, 3.8) is 0 Å². The molecule has 3 aromatic rings. The number of piperazine rings is 1. The normalized spacial score (nSPS) is 13.8. The van der Waals surface area contributed by atoms with Gasteiger partial charge in [0.05, 0.1) is 29.7 Å². The summed E-state index contributed by atoms with van der Waals surface area (Å²) in [6, 6.07) is 7.58. The smallest absolute Gasteiger partial charge is 0.227 e. The molecule has 3 heterocycles. The second-order valence-electron chi connectivity index (χ2n) is 7.46. The van der Waals surface area contributed by atoms with Crippen molar-refractivity contribution in [2.75, 3.05) is 43.5 Å². The number of rotatable bonds is 5. The van der Waals surface area contributed by atoms with Gasteiger partial charge in [-0.15, -0.1) is 0 Å². The molecule has 0 radical (unpaired) electrons. The summed E-state index contributed by atoms with van der Waals surface area (Å²) >= 11 is 5.58. The lowest BCUT2D eigenvalue weighted by Gasteiger charge is -2.36. The van der Waals surface area contributed by atoms with Crippen LogP contribution in [0.5, 0.6) is 5.75 Å². The highest BCUT2D eigenvalue weighted by Crippen LogP contribution is 2.24. The highest BCUT2D eigenvalue weighted by Gasteiger charge is 2.22. The molecule has 0 unspecified atom stereocenters. The number of aryl methyl sites for hydroxylation is 1. The van der Waals surface area contributed by atoms with Crippen molar-refractivity contribution in [3.8, 4) is 5.75 Å². The maximum Gasteiger partial charge on any atom is 0.227 e. The Hall–Kier alpha value is -3.73. The minimum Gasteiger partial charge on any atom is -0.545 e. The number of anilines is 2. The molecular formula is C22H23N6O4S-. The number of carbonyl (C=O) groups is 1. The highest BCUT2D eigenvalue weighted by molar-refractivity contribution is 7.80. The average molecular weight is 468 g/mol. The van der Waals surface area contributed by atoms with Gasteiger partial charge in [0.2, 0.25) is 11.4 Å². The molecule has 10 nitrogen and oxygen atoms in total. The molecule has 0 amide bonds. The van der Waals surface area contributed by atoms with E-state index >= 15 is 0 Å². The number of hydrogen-bond donors (Lipinski definition) is 1. The van der Waals surface area contributed by atoms with E-state index in [1.165, 1.54) is 12.4 Å². The van der Waals surface area contributed by atoms with Crippen molar-refractivity contribution in [3.05, 3.63) is 52.4 Å². The van der Waals surface area contributed by atoms with E-state index < -0.39 is 17.0 Å². The molecule has 0 bridgehead atoms. The van der Waals surface area contributed by atoms with E-state index in [4.69, 9.17) is 17.0 Å². The van der Waals surface area contributed by atoms with Gasteiger partial charge in [0.25, 0.3) is 0 Å². The fourth-order valence-corrected chi connectivity index (χ4v) is 4.05. The average Bonchev–Trinajstić information content (AvgIpc) is 2.84. The number of para-hydroxylation sites is 2. The number of carboxylic acid groups (broad SMARTS) is 1. The number of pyridine rings is 1. The van der Waals surface area contributed by atoms with E-state index in [-0.39, 0.29) is 5.39 Å². The summed E-state index contributed by atoms with van der Waals surface area (Å²) in [7, 11) is 1.61. The fraction of sp³-hybridized carbons (Fsp3) is 0.318. The molecule has 172 valence electrons. The first-order valence-corrected chi connectivity index (χ1v) is 10.9. The maximum atomic E-state index is 12.5. The van der Waals surface area contributed by atoms with Crippen LogP contribution in [0.1, 0.15) is 17.3 Å². The minimum atomic E-state index is -1.51. The lowest BCUT2D eigenvalue weighted by molar-refractivity contribution is -0.255. The molecule has 1 saturated heterocycles. The summed E-state index contributed by atoms with van der Waals surface area (Å²) in [5.74, 6) is -0.317. The number of carbonyl (C=O) groups excluding carboxylic acids is 1. The van der Waals surface area contributed by atoms with Gasteiger partial charge in [-0.25, -0.2) is 4.98 Å². The lowest BCUT2D eigenvalue weighted by atomic mass is 10.2. The first-order chi connectivity index (χ1) is 15.9. The van der Waals surface area contributed by atoms with Crippen molar-refractivity contribution in [1.82, 2.24) is 19.4 Å². The Morgan fingerprint density at radius 1 is 1.24 bits per heavy atom. The highest BCUT2D eigenvalue weighted by atomic mass is 32.1. The summed E-state index contributed by atoms with van der Waals surface area (Å²) in [6.45, 7) is 4.88. The van der Waals surface area contributed by atoms with E-state index in [2.05, 4.69) is 20.2 Å². The van der Waals surface area contributed by atoms with Crippen LogP contribution < -0.4 is 25.5 Å². The fourth-order valence-electron chi connectivity index (χ4n) is 3.75. The standard InChI is InChI=1S/C22H24N6O4S/c1-3-26-13-15(20(30)31)18(29)14-12-23-21(25-19(14)26)27-8-10-28(11-9-27)22(33)24-16-6-4-5-7-17(16)32-2/h4-7,12-13H,3,8-11H2,1-2H3,(H,24,33)(H,30,31)/p-1. The third-order valence-corrected chi connectivity index (χ3v) is 5.92.